The van der Waals surface area contributed by atoms with E-state index in [9.17, 15) is 4.57 Å². The number of nitrogens with zero attached hydrogens (tertiary/aromatic N) is 1. The summed E-state index contributed by atoms with van der Waals surface area (Å²) in [6.07, 6.45) is 0. The highest BCUT2D eigenvalue weighted by atomic mass is 31.2. The second kappa shape index (κ2) is 9.99. The molecule has 0 saturated carbocycles. The normalized spacial score (nSPS) is 12.0. The van der Waals surface area contributed by atoms with E-state index in [0.29, 0.717) is 5.56 Å². The van der Waals surface area contributed by atoms with Crippen LogP contribution in [-0.4, -0.2) is 19.1 Å². The van der Waals surface area contributed by atoms with Crippen molar-refractivity contribution in [3.8, 4) is 0 Å². The summed E-state index contributed by atoms with van der Waals surface area (Å²) in [7, 11) is -3.76. The molecule has 0 unspecified atom stereocenters. The predicted octanol–water partition coefficient (Wildman–Crippen LogP) is 4.76. The van der Waals surface area contributed by atoms with Gasteiger partial charge in [0, 0.05) is 5.56 Å². The summed E-state index contributed by atoms with van der Waals surface area (Å²) in [5.41, 5.74) is 1.56. The topological polar surface area (TPSA) is 66.4 Å². The van der Waals surface area contributed by atoms with E-state index in [1.54, 1.807) is 26.0 Å². The maximum absolute atomic E-state index is 12.6. The Balaban J connectivity index is 2.18. The SMILES string of the molecule is CCOP(=O)(OCC)O/C(=N/OCc1ccccc1)c1ccccc1. The quantitative estimate of drug-likeness (QED) is 0.278. The summed E-state index contributed by atoms with van der Waals surface area (Å²) in [5, 5.41) is 4.00. The van der Waals surface area contributed by atoms with Crippen molar-refractivity contribution in [2.45, 2.75) is 20.5 Å². The summed E-state index contributed by atoms with van der Waals surface area (Å²) >= 11 is 0. The first-order chi connectivity index (χ1) is 12.2. The van der Waals surface area contributed by atoms with Gasteiger partial charge in [-0.15, -0.1) is 0 Å². The van der Waals surface area contributed by atoms with Crippen LogP contribution in [0, 0.1) is 0 Å². The first-order valence-corrected chi connectivity index (χ1v) is 9.51. The summed E-state index contributed by atoms with van der Waals surface area (Å²) < 4.78 is 28.4. The third-order valence-electron chi connectivity index (χ3n) is 3.01. The van der Waals surface area contributed by atoms with Crippen LogP contribution in [0.5, 0.6) is 0 Å². The molecule has 2 aromatic carbocycles. The van der Waals surface area contributed by atoms with E-state index in [4.69, 9.17) is 18.4 Å². The second-order valence-corrected chi connectivity index (χ2v) is 6.49. The molecule has 2 aromatic rings. The van der Waals surface area contributed by atoms with Gasteiger partial charge in [0.25, 0.3) is 5.90 Å². The molecular weight excluding hydrogens is 341 g/mol. The molecule has 0 aromatic heterocycles. The fourth-order valence-corrected chi connectivity index (χ4v) is 3.12. The van der Waals surface area contributed by atoms with Gasteiger partial charge in [-0.25, -0.2) is 4.57 Å². The lowest BCUT2D eigenvalue weighted by molar-refractivity contribution is 0.119. The highest BCUT2D eigenvalue weighted by Gasteiger charge is 2.30. The lowest BCUT2D eigenvalue weighted by Gasteiger charge is -2.17. The zero-order chi connectivity index (χ0) is 18.0. The largest absolute Gasteiger partial charge is 0.531 e. The van der Waals surface area contributed by atoms with Crippen LogP contribution in [0.3, 0.4) is 0 Å². The van der Waals surface area contributed by atoms with E-state index in [1.165, 1.54) is 0 Å². The van der Waals surface area contributed by atoms with Gasteiger partial charge >= 0.3 is 7.82 Å². The average molecular weight is 363 g/mol. The van der Waals surface area contributed by atoms with Crippen molar-refractivity contribution in [3.63, 3.8) is 0 Å². The summed E-state index contributed by atoms with van der Waals surface area (Å²) in [4.78, 5) is 5.37. The molecule has 0 bridgehead atoms. The van der Waals surface area contributed by atoms with Gasteiger partial charge in [-0.3, -0.25) is 9.05 Å². The molecule has 7 heteroatoms. The number of phosphoric acid groups is 1. The first-order valence-electron chi connectivity index (χ1n) is 8.05. The average Bonchev–Trinajstić information content (AvgIpc) is 2.63. The molecule has 0 atom stereocenters. The minimum atomic E-state index is -3.76. The molecule has 2 rings (SSSR count). The molecule has 0 aliphatic carbocycles. The van der Waals surface area contributed by atoms with E-state index >= 15 is 0 Å². The van der Waals surface area contributed by atoms with Crippen LogP contribution in [0.15, 0.2) is 65.8 Å². The Morgan fingerprint density at radius 3 is 2.04 bits per heavy atom. The number of hydrogen-bond donors (Lipinski definition) is 0. The van der Waals surface area contributed by atoms with E-state index < -0.39 is 7.82 Å². The molecule has 0 fully saturated rings. The van der Waals surface area contributed by atoms with Crippen LogP contribution < -0.4 is 0 Å². The van der Waals surface area contributed by atoms with Crippen molar-refractivity contribution in [3.05, 3.63) is 71.8 Å². The number of hydrogen-bond acceptors (Lipinski definition) is 6. The zero-order valence-electron chi connectivity index (χ0n) is 14.3. The van der Waals surface area contributed by atoms with Gasteiger partial charge in [-0.2, -0.15) is 0 Å². The predicted molar refractivity (Wildman–Crippen MR) is 96.2 cm³/mol. The fraction of sp³-hybridized carbons (Fsp3) is 0.278. The molecule has 0 saturated heterocycles. The van der Waals surface area contributed by atoms with Crippen LogP contribution in [0.1, 0.15) is 25.0 Å². The van der Waals surface area contributed by atoms with E-state index in [0.717, 1.165) is 5.56 Å². The van der Waals surface area contributed by atoms with Gasteiger partial charge in [-0.05, 0) is 36.7 Å². The van der Waals surface area contributed by atoms with Crippen LogP contribution in [0.4, 0.5) is 0 Å². The third kappa shape index (κ3) is 6.35. The number of oxime groups is 1. The van der Waals surface area contributed by atoms with Crippen LogP contribution in [0.25, 0.3) is 0 Å². The van der Waals surface area contributed by atoms with Crippen molar-refractivity contribution in [1.82, 2.24) is 0 Å². The Labute approximate surface area is 148 Å². The van der Waals surface area contributed by atoms with E-state index in [1.807, 2.05) is 48.5 Å². The van der Waals surface area contributed by atoms with Crippen molar-refractivity contribution >= 4 is 13.7 Å². The van der Waals surface area contributed by atoms with Gasteiger partial charge in [0.05, 0.1) is 13.2 Å². The molecule has 0 N–H and O–H groups in total. The molecular formula is C18H22NO5P. The van der Waals surface area contributed by atoms with Crippen LogP contribution >= 0.6 is 7.82 Å². The van der Waals surface area contributed by atoms with Gasteiger partial charge in [0.15, 0.2) is 0 Å². The molecule has 0 radical (unpaired) electrons. The smallest absolute Gasteiger partial charge is 0.388 e. The first kappa shape index (κ1) is 19.2. The zero-order valence-corrected chi connectivity index (χ0v) is 15.2. The highest BCUT2D eigenvalue weighted by Crippen LogP contribution is 2.50. The van der Waals surface area contributed by atoms with Gasteiger partial charge in [-0.1, -0.05) is 48.5 Å². The maximum atomic E-state index is 12.6. The number of benzene rings is 2. The number of phosphoric ester groups is 1. The molecule has 0 spiro atoms. The summed E-state index contributed by atoms with van der Waals surface area (Å²) in [6.45, 7) is 4.04. The second-order valence-electron chi connectivity index (χ2n) is 4.90. The van der Waals surface area contributed by atoms with Gasteiger partial charge < -0.3 is 9.36 Å². The molecule has 0 aliphatic heterocycles. The Morgan fingerprint density at radius 2 is 1.48 bits per heavy atom. The Hall–Kier alpha value is -2.14. The highest BCUT2D eigenvalue weighted by molar-refractivity contribution is 7.49. The lowest BCUT2D eigenvalue weighted by Crippen LogP contribution is -2.10. The van der Waals surface area contributed by atoms with Crippen LogP contribution in [-0.2, 0) is 29.6 Å². The molecule has 0 amide bonds. The van der Waals surface area contributed by atoms with Crippen molar-refractivity contribution in [1.29, 1.82) is 0 Å². The molecule has 0 aliphatic rings. The maximum Gasteiger partial charge on any atom is 0.531 e. The Morgan fingerprint density at radius 1 is 0.920 bits per heavy atom. The number of rotatable bonds is 9. The van der Waals surface area contributed by atoms with Crippen molar-refractivity contribution < 1.29 is 23.0 Å². The standard InChI is InChI=1S/C18H22NO5P/c1-3-22-25(20,23-4-2)24-18(17-13-9-6-10-14-17)19-21-15-16-11-7-5-8-12-16/h5-14H,3-4,15H2,1-2H3/b19-18+. The summed E-state index contributed by atoms with van der Waals surface area (Å²) in [5.74, 6) is 0.0433. The Bertz CT molecular complexity index is 696. The molecule has 6 nitrogen and oxygen atoms in total. The molecule has 0 heterocycles. The minimum absolute atomic E-state index is 0.0433. The van der Waals surface area contributed by atoms with Gasteiger partial charge in [0.1, 0.15) is 6.61 Å². The Kier molecular flexibility index (Phi) is 7.67. The van der Waals surface area contributed by atoms with Gasteiger partial charge in [0.2, 0.25) is 0 Å². The lowest BCUT2D eigenvalue weighted by atomic mass is 10.2. The third-order valence-corrected chi connectivity index (χ3v) is 4.56. The fourth-order valence-electron chi connectivity index (χ4n) is 1.95. The van der Waals surface area contributed by atoms with E-state index in [-0.39, 0.29) is 25.7 Å². The summed E-state index contributed by atoms with van der Waals surface area (Å²) in [6, 6.07) is 18.6. The van der Waals surface area contributed by atoms with Crippen molar-refractivity contribution in [2.75, 3.05) is 13.2 Å². The van der Waals surface area contributed by atoms with Crippen LogP contribution in [0.2, 0.25) is 0 Å². The van der Waals surface area contributed by atoms with E-state index in [2.05, 4.69) is 5.16 Å². The molecule has 134 valence electrons. The molecule has 25 heavy (non-hydrogen) atoms. The monoisotopic (exact) mass is 363 g/mol. The minimum Gasteiger partial charge on any atom is -0.388 e. The van der Waals surface area contributed by atoms with Crippen molar-refractivity contribution in [2.24, 2.45) is 5.16 Å².